The topological polar surface area (TPSA) is 29.4 Å². The molecule has 0 atom stereocenters. The van der Waals surface area contributed by atoms with Crippen molar-refractivity contribution in [1.82, 2.24) is 0 Å². The molecular formula is C16H15NO. The third kappa shape index (κ3) is 3.69. The van der Waals surface area contributed by atoms with Crippen molar-refractivity contribution in [2.24, 2.45) is 4.99 Å². The molecule has 0 amide bonds. The lowest BCUT2D eigenvalue weighted by molar-refractivity contribution is 0.554. The zero-order valence-electron chi connectivity index (χ0n) is 10.1. The number of rotatable bonds is 5. The van der Waals surface area contributed by atoms with Gasteiger partial charge < -0.3 is 0 Å². The average molecular weight is 237 g/mol. The molecule has 0 bridgehead atoms. The summed E-state index contributed by atoms with van der Waals surface area (Å²) in [5.41, 5.74) is 2.38. The van der Waals surface area contributed by atoms with E-state index in [2.05, 4.69) is 29.3 Å². The number of benzene rings is 2. The molecule has 2 nitrogen and oxygen atoms in total. The van der Waals surface area contributed by atoms with Crippen molar-refractivity contribution in [1.29, 1.82) is 0 Å². The van der Waals surface area contributed by atoms with Gasteiger partial charge >= 0.3 is 0 Å². The Balaban J connectivity index is 2.07. The van der Waals surface area contributed by atoms with E-state index < -0.39 is 0 Å². The Labute approximate surface area is 107 Å². The van der Waals surface area contributed by atoms with Gasteiger partial charge in [-0.15, -0.1) is 0 Å². The molecule has 0 heterocycles. The zero-order chi connectivity index (χ0) is 12.6. The van der Waals surface area contributed by atoms with Crippen LogP contribution in [0.1, 0.15) is 11.1 Å². The molecule has 0 spiro atoms. The molecule has 2 aromatic rings. The molecule has 2 heteroatoms. The fraction of sp³-hybridized carbons (Fsp3) is 0.188. The van der Waals surface area contributed by atoms with Crippen LogP contribution in [0, 0.1) is 0 Å². The van der Waals surface area contributed by atoms with Gasteiger partial charge in [-0.2, -0.15) is 0 Å². The Morgan fingerprint density at radius 3 is 1.67 bits per heavy atom. The molecule has 0 aromatic heterocycles. The zero-order valence-corrected chi connectivity index (χ0v) is 10.1. The van der Waals surface area contributed by atoms with Gasteiger partial charge in [0.1, 0.15) is 0 Å². The quantitative estimate of drug-likeness (QED) is 0.580. The molecule has 0 aliphatic heterocycles. The molecule has 0 N–H and O–H groups in total. The van der Waals surface area contributed by atoms with Crippen molar-refractivity contribution in [2.75, 3.05) is 0 Å². The molecule has 0 saturated heterocycles. The van der Waals surface area contributed by atoms with E-state index in [1.807, 2.05) is 36.4 Å². The van der Waals surface area contributed by atoms with E-state index in [9.17, 15) is 4.79 Å². The first-order valence-electron chi connectivity index (χ1n) is 6.03. The second-order valence-corrected chi connectivity index (χ2v) is 4.25. The molecular weight excluding hydrogens is 222 g/mol. The predicted octanol–water partition coefficient (Wildman–Crippen LogP) is 3.18. The standard InChI is InChI=1S/C16H15NO/c18-13-17-16(11-14-7-3-1-4-8-14)12-15-9-5-2-6-10-15/h1-10,16H,11-12H2. The van der Waals surface area contributed by atoms with Crippen LogP contribution in [0.15, 0.2) is 65.7 Å². The number of aliphatic imine (C=N–C) groups is 1. The predicted molar refractivity (Wildman–Crippen MR) is 72.2 cm³/mol. The largest absolute Gasteiger partial charge is 0.235 e. The number of nitrogens with zero attached hydrogens (tertiary/aromatic N) is 1. The van der Waals surface area contributed by atoms with Crippen LogP contribution in [0.5, 0.6) is 0 Å². The maximum absolute atomic E-state index is 10.5. The third-order valence-electron chi connectivity index (χ3n) is 2.86. The molecule has 0 aliphatic carbocycles. The highest BCUT2D eigenvalue weighted by Gasteiger charge is 2.09. The molecule has 2 aromatic carbocycles. The van der Waals surface area contributed by atoms with Gasteiger partial charge in [0.05, 0.1) is 6.04 Å². The van der Waals surface area contributed by atoms with Crippen LogP contribution in [-0.4, -0.2) is 12.1 Å². The molecule has 0 saturated carbocycles. The SMILES string of the molecule is O=C=NC(Cc1ccccc1)Cc1ccccc1. The maximum atomic E-state index is 10.5. The van der Waals surface area contributed by atoms with Crippen LogP contribution < -0.4 is 0 Å². The molecule has 2 rings (SSSR count). The van der Waals surface area contributed by atoms with Gasteiger partial charge in [-0.1, -0.05) is 60.7 Å². The fourth-order valence-corrected chi connectivity index (χ4v) is 2.01. The summed E-state index contributed by atoms with van der Waals surface area (Å²) in [6.07, 6.45) is 3.22. The van der Waals surface area contributed by atoms with Crippen molar-refractivity contribution in [3.63, 3.8) is 0 Å². The van der Waals surface area contributed by atoms with Crippen molar-refractivity contribution in [3.05, 3.63) is 71.8 Å². The number of hydrogen-bond donors (Lipinski definition) is 0. The summed E-state index contributed by atoms with van der Waals surface area (Å²) >= 11 is 0. The lowest BCUT2D eigenvalue weighted by Crippen LogP contribution is -2.12. The minimum Gasteiger partial charge on any atom is -0.211 e. The van der Waals surface area contributed by atoms with Crippen LogP contribution in [-0.2, 0) is 17.6 Å². The normalized spacial score (nSPS) is 10.1. The third-order valence-corrected chi connectivity index (χ3v) is 2.86. The van der Waals surface area contributed by atoms with Crippen LogP contribution in [0.4, 0.5) is 0 Å². The van der Waals surface area contributed by atoms with Crippen molar-refractivity contribution in [2.45, 2.75) is 18.9 Å². The van der Waals surface area contributed by atoms with E-state index in [0.717, 1.165) is 12.8 Å². The average Bonchev–Trinajstić information content (AvgIpc) is 2.41. The molecule has 0 unspecified atom stereocenters. The van der Waals surface area contributed by atoms with E-state index in [-0.39, 0.29) is 6.04 Å². The summed E-state index contributed by atoms with van der Waals surface area (Å²) in [6.45, 7) is 0. The van der Waals surface area contributed by atoms with Gasteiger partial charge in [0.2, 0.25) is 6.08 Å². The first kappa shape index (κ1) is 12.3. The second kappa shape index (κ2) is 6.53. The molecule has 0 aliphatic rings. The first-order chi connectivity index (χ1) is 8.88. The minimum atomic E-state index is -0.0349. The Morgan fingerprint density at radius 1 is 0.833 bits per heavy atom. The van der Waals surface area contributed by atoms with Crippen molar-refractivity contribution < 1.29 is 4.79 Å². The van der Waals surface area contributed by atoms with Gasteiger partial charge in [-0.3, -0.25) is 0 Å². The van der Waals surface area contributed by atoms with E-state index in [1.165, 1.54) is 11.1 Å². The number of hydrogen-bond acceptors (Lipinski definition) is 2. The Morgan fingerprint density at radius 2 is 1.28 bits per heavy atom. The van der Waals surface area contributed by atoms with Crippen molar-refractivity contribution >= 4 is 6.08 Å². The van der Waals surface area contributed by atoms with Crippen LogP contribution in [0.3, 0.4) is 0 Å². The maximum Gasteiger partial charge on any atom is 0.235 e. The highest BCUT2D eigenvalue weighted by molar-refractivity contribution is 5.34. The van der Waals surface area contributed by atoms with Gasteiger partial charge in [0.15, 0.2) is 0 Å². The minimum absolute atomic E-state index is 0.0349. The number of isocyanates is 1. The summed E-state index contributed by atoms with van der Waals surface area (Å²) in [5, 5.41) is 0. The lowest BCUT2D eigenvalue weighted by Gasteiger charge is -2.10. The highest BCUT2D eigenvalue weighted by Crippen LogP contribution is 2.11. The smallest absolute Gasteiger partial charge is 0.211 e. The Kier molecular flexibility index (Phi) is 4.46. The molecule has 90 valence electrons. The summed E-state index contributed by atoms with van der Waals surface area (Å²) in [4.78, 5) is 14.4. The second-order valence-electron chi connectivity index (χ2n) is 4.25. The highest BCUT2D eigenvalue weighted by atomic mass is 16.1. The van der Waals surface area contributed by atoms with Gasteiger partial charge in [-0.25, -0.2) is 9.79 Å². The van der Waals surface area contributed by atoms with Crippen LogP contribution in [0.2, 0.25) is 0 Å². The van der Waals surface area contributed by atoms with Crippen molar-refractivity contribution in [3.8, 4) is 0 Å². The van der Waals surface area contributed by atoms with E-state index in [1.54, 1.807) is 6.08 Å². The first-order valence-corrected chi connectivity index (χ1v) is 6.03. The molecule has 18 heavy (non-hydrogen) atoms. The van der Waals surface area contributed by atoms with E-state index >= 15 is 0 Å². The van der Waals surface area contributed by atoms with Crippen LogP contribution >= 0.6 is 0 Å². The van der Waals surface area contributed by atoms with E-state index in [4.69, 9.17) is 0 Å². The molecule has 0 fully saturated rings. The Hall–Kier alpha value is -2.18. The fourth-order valence-electron chi connectivity index (χ4n) is 2.01. The van der Waals surface area contributed by atoms with Gasteiger partial charge in [0, 0.05) is 0 Å². The van der Waals surface area contributed by atoms with Gasteiger partial charge in [0.25, 0.3) is 0 Å². The van der Waals surface area contributed by atoms with Gasteiger partial charge in [-0.05, 0) is 24.0 Å². The number of carbonyl (C=O) groups excluding carboxylic acids is 1. The summed E-state index contributed by atoms with van der Waals surface area (Å²) in [5.74, 6) is 0. The molecule has 0 radical (unpaired) electrons. The summed E-state index contributed by atoms with van der Waals surface area (Å²) < 4.78 is 0. The lowest BCUT2D eigenvalue weighted by atomic mass is 10.00. The monoisotopic (exact) mass is 237 g/mol. The van der Waals surface area contributed by atoms with E-state index in [0.29, 0.717) is 0 Å². The summed E-state index contributed by atoms with van der Waals surface area (Å²) in [6, 6.07) is 20.1. The van der Waals surface area contributed by atoms with Crippen LogP contribution in [0.25, 0.3) is 0 Å². The summed E-state index contributed by atoms with van der Waals surface area (Å²) in [7, 11) is 0. The Bertz CT molecular complexity index is 474.